The lowest BCUT2D eigenvalue weighted by Gasteiger charge is -2.25. The molecule has 1 aliphatic rings. The van der Waals surface area contributed by atoms with Gasteiger partial charge >= 0.3 is 12.0 Å². The maximum atomic E-state index is 13.4. The van der Waals surface area contributed by atoms with Crippen LogP contribution in [0, 0.1) is 13.8 Å². The Morgan fingerprint density at radius 1 is 0.976 bits per heavy atom. The van der Waals surface area contributed by atoms with E-state index in [0.717, 1.165) is 22.4 Å². The molecule has 0 saturated carbocycles. The number of carbonyl (C=O) groups excluding carboxylic acids is 2. The Balaban J connectivity index is 1.39. The first-order valence-corrected chi connectivity index (χ1v) is 13.3. The average molecular weight is 562 g/mol. The first kappa shape index (κ1) is 29.4. The van der Waals surface area contributed by atoms with Crippen LogP contribution < -0.4 is 20.1 Å². The Morgan fingerprint density at radius 3 is 2.32 bits per heavy atom. The zero-order chi connectivity index (χ0) is 29.5. The van der Waals surface area contributed by atoms with Crippen LogP contribution in [-0.2, 0) is 16.0 Å². The average Bonchev–Trinajstić information content (AvgIpc) is 3.38. The van der Waals surface area contributed by atoms with Crippen molar-refractivity contribution in [2.75, 3.05) is 38.0 Å². The van der Waals surface area contributed by atoms with E-state index in [-0.39, 0.29) is 36.6 Å². The van der Waals surface area contributed by atoms with E-state index in [2.05, 4.69) is 10.6 Å². The molecular weight excluding hydrogens is 526 g/mol. The summed E-state index contributed by atoms with van der Waals surface area (Å²) in [4.78, 5) is 38.9. The molecule has 0 bridgehead atoms. The summed E-state index contributed by atoms with van der Waals surface area (Å²) in [7, 11) is 3.13. The third kappa shape index (κ3) is 7.34. The van der Waals surface area contributed by atoms with Crippen molar-refractivity contribution >= 4 is 29.3 Å². The molecule has 41 heavy (non-hydrogen) atoms. The fourth-order valence-electron chi connectivity index (χ4n) is 4.90. The molecule has 1 fully saturated rings. The largest absolute Gasteiger partial charge is 0.495 e. The SMILES string of the molecule is COc1cc(CC(=O)N2CC(OC)C[C@H]2COc2ccc(C(=O)O)cc2)ccc1NC(=O)Nc1c(C)cccc1C. The number of nitrogens with one attached hydrogen (secondary N) is 2. The Labute approximate surface area is 239 Å². The van der Waals surface area contributed by atoms with Crippen LogP contribution in [0.15, 0.2) is 60.7 Å². The van der Waals surface area contributed by atoms with Crippen LogP contribution in [0.25, 0.3) is 0 Å². The van der Waals surface area contributed by atoms with Crippen molar-refractivity contribution in [1.29, 1.82) is 0 Å². The highest BCUT2D eigenvalue weighted by atomic mass is 16.5. The summed E-state index contributed by atoms with van der Waals surface area (Å²) in [5, 5.41) is 14.8. The Morgan fingerprint density at radius 2 is 1.68 bits per heavy atom. The van der Waals surface area contributed by atoms with Gasteiger partial charge in [-0.3, -0.25) is 4.79 Å². The van der Waals surface area contributed by atoms with E-state index >= 15 is 0 Å². The molecule has 3 aromatic carbocycles. The highest BCUT2D eigenvalue weighted by molar-refractivity contribution is 6.01. The van der Waals surface area contributed by atoms with Gasteiger partial charge in [-0.2, -0.15) is 0 Å². The second kappa shape index (κ2) is 13.2. The van der Waals surface area contributed by atoms with Gasteiger partial charge in [0.1, 0.15) is 18.1 Å². The van der Waals surface area contributed by atoms with Crippen molar-refractivity contribution in [3.05, 3.63) is 82.9 Å². The van der Waals surface area contributed by atoms with Crippen LogP contribution in [0.3, 0.4) is 0 Å². The first-order chi connectivity index (χ1) is 19.7. The van der Waals surface area contributed by atoms with Crippen LogP contribution >= 0.6 is 0 Å². The van der Waals surface area contributed by atoms with E-state index in [1.54, 1.807) is 42.3 Å². The van der Waals surface area contributed by atoms with Crippen molar-refractivity contribution in [1.82, 2.24) is 4.90 Å². The van der Waals surface area contributed by atoms with Gasteiger partial charge in [0.15, 0.2) is 0 Å². The number of carboxylic acid groups (broad SMARTS) is 1. The molecule has 216 valence electrons. The normalized spacial score (nSPS) is 16.2. The van der Waals surface area contributed by atoms with Gasteiger partial charge in [-0.25, -0.2) is 9.59 Å². The van der Waals surface area contributed by atoms with Gasteiger partial charge in [-0.1, -0.05) is 24.3 Å². The van der Waals surface area contributed by atoms with Gasteiger partial charge in [-0.15, -0.1) is 0 Å². The number of anilines is 2. The molecule has 3 aromatic rings. The van der Waals surface area contributed by atoms with Crippen molar-refractivity contribution in [3.63, 3.8) is 0 Å². The monoisotopic (exact) mass is 561 g/mol. The number of para-hydroxylation sites is 1. The van der Waals surface area contributed by atoms with Crippen LogP contribution in [0.4, 0.5) is 16.2 Å². The van der Waals surface area contributed by atoms with Crippen LogP contribution in [0.2, 0.25) is 0 Å². The number of nitrogens with zero attached hydrogens (tertiary/aromatic N) is 1. The second-order valence-corrected chi connectivity index (χ2v) is 9.99. The van der Waals surface area contributed by atoms with Crippen LogP contribution in [-0.4, -0.2) is 67.4 Å². The van der Waals surface area contributed by atoms with Crippen LogP contribution in [0.1, 0.15) is 33.5 Å². The third-order valence-electron chi connectivity index (χ3n) is 7.16. The van der Waals surface area contributed by atoms with Crippen molar-refractivity contribution in [3.8, 4) is 11.5 Å². The van der Waals surface area contributed by atoms with Gasteiger partial charge in [0.25, 0.3) is 0 Å². The van der Waals surface area contributed by atoms with Crippen LogP contribution in [0.5, 0.6) is 11.5 Å². The molecule has 4 rings (SSSR count). The fourth-order valence-corrected chi connectivity index (χ4v) is 4.90. The zero-order valence-electron chi connectivity index (χ0n) is 23.6. The number of ether oxygens (including phenoxy) is 3. The number of aromatic carboxylic acids is 1. The topological polar surface area (TPSA) is 126 Å². The van der Waals surface area contributed by atoms with E-state index in [9.17, 15) is 14.4 Å². The number of benzene rings is 3. The lowest BCUT2D eigenvalue weighted by molar-refractivity contribution is -0.132. The number of likely N-dealkylation sites (tertiary alicyclic amines) is 1. The molecule has 1 aliphatic heterocycles. The Kier molecular flexibility index (Phi) is 9.46. The lowest BCUT2D eigenvalue weighted by Crippen LogP contribution is -2.40. The summed E-state index contributed by atoms with van der Waals surface area (Å²) < 4.78 is 16.9. The van der Waals surface area contributed by atoms with E-state index < -0.39 is 12.0 Å². The summed E-state index contributed by atoms with van der Waals surface area (Å²) in [6.45, 7) is 4.55. The zero-order valence-corrected chi connectivity index (χ0v) is 23.6. The predicted octanol–water partition coefficient (Wildman–Crippen LogP) is 4.89. The Bertz CT molecular complexity index is 1390. The molecule has 1 heterocycles. The molecule has 10 nitrogen and oxygen atoms in total. The number of carbonyl (C=O) groups is 3. The van der Waals surface area contributed by atoms with Gasteiger partial charge in [0.05, 0.1) is 36.9 Å². The number of aryl methyl sites for hydroxylation is 2. The van der Waals surface area contributed by atoms with Crippen molar-refractivity contribution < 1.29 is 33.7 Å². The van der Waals surface area contributed by atoms with E-state index in [4.69, 9.17) is 19.3 Å². The molecular formula is C31H35N3O7. The molecule has 3 amide bonds. The fraction of sp³-hybridized carbons (Fsp3) is 0.323. The predicted molar refractivity (Wildman–Crippen MR) is 155 cm³/mol. The molecule has 0 spiro atoms. The maximum Gasteiger partial charge on any atom is 0.335 e. The minimum atomic E-state index is -1.01. The maximum absolute atomic E-state index is 13.4. The molecule has 0 aromatic heterocycles. The van der Waals surface area contributed by atoms with Crippen molar-refractivity contribution in [2.24, 2.45) is 0 Å². The highest BCUT2D eigenvalue weighted by Crippen LogP contribution is 2.28. The number of amides is 3. The van der Waals surface area contributed by atoms with E-state index in [1.165, 1.54) is 19.2 Å². The van der Waals surface area contributed by atoms with Gasteiger partial charge < -0.3 is 34.9 Å². The Hall–Kier alpha value is -4.57. The first-order valence-electron chi connectivity index (χ1n) is 13.3. The second-order valence-electron chi connectivity index (χ2n) is 9.99. The highest BCUT2D eigenvalue weighted by Gasteiger charge is 2.35. The van der Waals surface area contributed by atoms with E-state index in [0.29, 0.717) is 30.2 Å². The molecule has 3 N–H and O–H groups in total. The molecule has 1 unspecified atom stereocenters. The number of urea groups is 1. The molecule has 0 aliphatic carbocycles. The molecule has 10 heteroatoms. The minimum Gasteiger partial charge on any atom is -0.495 e. The summed E-state index contributed by atoms with van der Waals surface area (Å²) >= 11 is 0. The molecule has 2 atom stereocenters. The summed E-state index contributed by atoms with van der Waals surface area (Å²) in [5.74, 6) is -0.131. The number of rotatable bonds is 10. The summed E-state index contributed by atoms with van der Waals surface area (Å²) in [6.07, 6.45) is 0.640. The third-order valence-corrected chi connectivity index (χ3v) is 7.16. The van der Waals surface area contributed by atoms with Gasteiger partial charge in [0.2, 0.25) is 5.91 Å². The lowest BCUT2D eigenvalue weighted by atomic mass is 10.1. The number of carboxylic acids is 1. The van der Waals surface area contributed by atoms with Gasteiger partial charge in [0, 0.05) is 19.3 Å². The summed E-state index contributed by atoms with van der Waals surface area (Å²) in [5.41, 5.74) is 4.05. The number of hydrogen-bond acceptors (Lipinski definition) is 6. The molecule has 1 saturated heterocycles. The standard InChI is InChI=1S/C31H35N3O7/c1-19-6-5-7-20(2)29(19)33-31(38)32-26-13-8-21(14-27(26)40-4)15-28(35)34-17-25(39-3)16-23(34)18-41-24-11-9-22(10-12-24)30(36)37/h5-14,23,25H,15-18H2,1-4H3,(H,36,37)(H2,32,33,38)/t23-,25?/m0/s1. The number of hydrogen-bond donors (Lipinski definition) is 3. The van der Waals surface area contributed by atoms with E-state index in [1.807, 2.05) is 32.0 Å². The summed E-state index contributed by atoms with van der Waals surface area (Å²) in [6, 6.07) is 16.6. The quantitative estimate of drug-likeness (QED) is 0.322. The smallest absolute Gasteiger partial charge is 0.335 e. The molecule has 0 radical (unpaired) electrons. The minimum absolute atomic E-state index is 0.0880. The number of methoxy groups -OCH3 is 2. The van der Waals surface area contributed by atoms with Gasteiger partial charge in [-0.05, 0) is 73.4 Å². The van der Waals surface area contributed by atoms with Crippen molar-refractivity contribution in [2.45, 2.75) is 38.8 Å².